The van der Waals surface area contributed by atoms with Gasteiger partial charge in [-0.15, -0.1) is 0 Å². The van der Waals surface area contributed by atoms with E-state index in [0.29, 0.717) is 11.7 Å². The van der Waals surface area contributed by atoms with Crippen molar-refractivity contribution in [1.82, 2.24) is 20.0 Å². The maximum atomic E-state index is 12.4. The van der Waals surface area contributed by atoms with Gasteiger partial charge in [0, 0.05) is 25.2 Å². The van der Waals surface area contributed by atoms with Crippen LogP contribution in [0.1, 0.15) is 49.0 Å². The van der Waals surface area contributed by atoms with Crippen molar-refractivity contribution in [3.8, 4) is 0 Å². The highest BCUT2D eigenvalue weighted by Gasteiger charge is 2.28. The van der Waals surface area contributed by atoms with Gasteiger partial charge in [-0.2, -0.15) is 5.10 Å². The molecule has 2 aliphatic rings. The molecule has 1 amide bonds. The molecule has 2 saturated heterocycles. The Morgan fingerprint density at radius 2 is 1.73 bits per heavy atom. The number of rotatable bonds is 2. The van der Waals surface area contributed by atoms with Crippen LogP contribution in [-0.2, 0) is 0 Å². The largest absolute Gasteiger partial charge is 0.337 e. The first-order valence-corrected chi connectivity index (χ1v) is 8.33. The van der Waals surface area contributed by atoms with E-state index in [9.17, 15) is 9.59 Å². The lowest BCUT2D eigenvalue weighted by Gasteiger charge is -2.38. The summed E-state index contributed by atoms with van der Waals surface area (Å²) in [6.45, 7) is 3.97. The van der Waals surface area contributed by atoms with Crippen LogP contribution in [0.15, 0.2) is 16.9 Å². The lowest BCUT2D eigenvalue weighted by molar-refractivity contribution is 0.0616. The van der Waals surface area contributed by atoms with Crippen molar-refractivity contribution in [3.63, 3.8) is 0 Å². The second-order valence-corrected chi connectivity index (χ2v) is 6.28. The van der Waals surface area contributed by atoms with Gasteiger partial charge in [-0.1, -0.05) is 12.8 Å². The van der Waals surface area contributed by atoms with E-state index in [1.54, 1.807) is 0 Å². The molecular formula is C16H24N4O2. The van der Waals surface area contributed by atoms with Gasteiger partial charge in [-0.3, -0.25) is 9.59 Å². The number of carbonyl (C=O) groups is 1. The first-order valence-electron chi connectivity index (χ1n) is 8.33. The van der Waals surface area contributed by atoms with E-state index in [2.05, 4.69) is 15.1 Å². The van der Waals surface area contributed by atoms with Crippen LogP contribution in [0.4, 0.5) is 0 Å². The number of aromatic nitrogens is 2. The number of H-pyrrole nitrogens is 1. The van der Waals surface area contributed by atoms with Crippen LogP contribution in [0.3, 0.4) is 0 Å². The third-order valence-electron chi connectivity index (χ3n) is 4.81. The van der Waals surface area contributed by atoms with Gasteiger partial charge >= 0.3 is 0 Å². The number of amides is 1. The van der Waals surface area contributed by atoms with Crippen LogP contribution in [0.5, 0.6) is 0 Å². The minimum Gasteiger partial charge on any atom is -0.337 e. The number of aromatic amines is 1. The molecule has 3 rings (SSSR count). The molecule has 6 nitrogen and oxygen atoms in total. The molecular weight excluding hydrogens is 280 g/mol. The molecule has 0 spiro atoms. The van der Waals surface area contributed by atoms with Crippen molar-refractivity contribution >= 4 is 5.91 Å². The Bertz CT molecular complexity index is 535. The number of carbonyl (C=O) groups excluding carboxylic acids is 1. The summed E-state index contributed by atoms with van der Waals surface area (Å²) in [4.78, 5) is 27.9. The Kier molecular flexibility index (Phi) is 4.87. The fourth-order valence-corrected chi connectivity index (χ4v) is 3.52. The Labute approximate surface area is 130 Å². The number of piperidine rings is 1. The standard InChI is InChI=1S/C16H24N4O2/c21-15-6-5-14(17-18-15)16(22)20-11-7-13(8-12-20)19-9-3-1-2-4-10-19/h5-6,13H,1-4,7-12H2,(H,18,21). The summed E-state index contributed by atoms with van der Waals surface area (Å²) in [6, 6.07) is 3.47. The minimum absolute atomic E-state index is 0.0782. The molecule has 1 N–H and O–H groups in total. The SMILES string of the molecule is O=C(c1ccc(=O)[nH]n1)N1CCC(N2CCCCCC2)CC1. The quantitative estimate of drug-likeness (QED) is 0.893. The van der Waals surface area contributed by atoms with E-state index in [-0.39, 0.29) is 11.5 Å². The number of hydrogen-bond acceptors (Lipinski definition) is 4. The summed E-state index contributed by atoms with van der Waals surface area (Å²) < 4.78 is 0. The highest BCUT2D eigenvalue weighted by Crippen LogP contribution is 2.21. The predicted octanol–water partition coefficient (Wildman–Crippen LogP) is 1.25. The summed E-state index contributed by atoms with van der Waals surface area (Å²) in [7, 11) is 0. The van der Waals surface area contributed by atoms with Crippen LogP contribution in [0.2, 0.25) is 0 Å². The Balaban J connectivity index is 1.55. The molecule has 22 heavy (non-hydrogen) atoms. The van der Waals surface area contributed by atoms with Gasteiger partial charge in [0.05, 0.1) is 0 Å². The second kappa shape index (κ2) is 7.05. The maximum absolute atomic E-state index is 12.4. The number of hydrogen-bond donors (Lipinski definition) is 1. The molecule has 6 heteroatoms. The van der Waals surface area contributed by atoms with Crippen molar-refractivity contribution in [2.24, 2.45) is 0 Å². The van der Waals surface area contributed by atoms with Gasteiger partial charge in [0.1, 0.15) is 5.69 Å². The van der Waals surface area contributed by atoms with E-state index < -0.39 is 0 Å². The maximum Gasteiger partial charge on any atom is 0.274 e. The van der Waals surface area contributed by atoms with Crippen LogP contribution in [0.25, 0.3) is 0 Å². The molecule has 0 aromatic carbocycles. The fourth-order valence-electron chi connectivity index (χ4n) is 3.52. The molecule has 0 atom stereocenters. The fraction of sp³-hybridized carbons (Fsp3) is 0.688. The van der Waals surface area contributed by atoms with Gasteiger partial charge in [0.2, 0.25) is 0 Å². The lowest BCUT2D eigenvalue weighted by atomic mass is 10.0. The molecule has 2 aliphatic heterocycles. The third-order valence-corrected chi connectivity index (χ3v) is 4.81. The zero-order chi connectivity index (χ0) is 15.4. The monoisotopic (exact) mass is 304 g/mol. The Hall–Kier alpha value is -1.69. The van der Waals surface area contributed by atoms with E-state index in [1.807, 2.05) is 4.90 Å². The summed E-state index contributed by atoms with van der Waals surface area (Å²) >= 11 is 0. The second-order valence-electron chi connectivity index (χ2n) is 6.28. The first-order chi connectivity index (χ1) is 10.7. The zero-order valence-electron chi connectivity index (χ0n) is 13.0. The summed E-state index contributed by atoms with van der Waals surface area (Å²) in [5.74, 6) is -0.0782. The molecule has 1 aromatic rings. The van der Waals surface area contributed by atoms with Gasteiger partial charge < -0.3 is 9.80 Å². The molecule has 0 radical (unpaired) electrons. The number of nitrogens with one attached hydrogen (secondary N) is 1. The van der Waals surface area contributed by atoms with Crippen LogP contribution >= 0.6 is 0 Å². The highest BCUT2D eigenvalue weighted by molar-refractivity contribution is 5.92. The topological polar surface area (TPSA) is 69.3 Å². The molecule has 1 aromatic heterocycles. The van der Waals surface area contributed by atoms with Gasteiger partial charge in [-0.05, 0) is 44.8 Å². The van der Waals surface area contributed by atoms with Crippen LogP contribution in [0, 0.1) is 0 Å². The van der Waals surface area contributed by atoms with Crippen molar-refractivity contribution < 1.29 is 4.79 Å². The average molecular weight is 304 g/mol. The Morgan fingerprint density at radius 3 is 2.32 bits per heavy atom. The van der Waals surface area contributed by atoms with Gasteiger partial charge in [0.25, 0.3) is 11.5 Å². The molecule has 0 aliphatic carbocycles. The molecule has 3 heterocycles. The average Bonchev–Trinajstić information content (AvgIpc) is 2.84. The van der Waals surface area contributed by atoms with Crippen LogP contribution in [-0.4, -0.2) is 58.1 Å². The first kappa shape index (κ1) is 15.2. The Morgan fingerprint density at radius 1 is 1.05 bits per heavy atom. The van der Waals surface area contributed by atoms with Crippen LogP contribution < -0.4 is 5.56 Å². The number of nitrogens with zero attached hydrogens (tertiary/aromatic N) is 3. The van der Waals surface area contributed by atoms with E-state index in [0.717, 1.165) is 25.9 Å². The lowest BCUT2D eigenvalue weighted by Crippen LogP contribution is -2.47. The molecule has 2 fully saturated rings. The van der Waals surface area contributed by atoms with Crippen molar-refractivity contribution in [2.75, 3.05) is 26.2 Å². The van der Waals surface area contributed by atoms with E-state index in [4.69, 9.17) is 0 Å². The van der Waals surface area contributed by atoms with E-state index >= 15 is 0 Å². The third kappa shape index (κ3) is 3.55. The van der Waals surface area contributed by atoms with Crippen molar-refractivity contribution in [2.45, 2.75) is 44.6 Å². The predicted molar refractivity (Wildman–Crippen MR) is 83.8 cm³/mol. The molecule has 0 bridgehead atoms. The molecule has 120 valence electrons. The smallest absolute Gasteiger partial charge is 0.274 e. The van der Waals surface area contributed by atoms with Gasteiger partial charge in [0.15, 0.2) is 0 Å². The van der Waals surface area contributed by atoms with Crippen molar-refractivity contribution in [3.05, 3.63) is 28.2 Å². The summed E-state index contributed by atoms with van der Waals surface area (Å²) in [6.07, 6.45) is 7.39. The summed E-state index contributed by atoms with van der Waals surface area (Å²) in [5, 5.41) is 6.16. The normalized spacial score (nSPS) is 21.5. The molecule has 0 saturated carbocycles. The highest BCUT2D eigenvalue weighted by atomic mass is 16.2. The summed E-state index contributed by atoms with van der Waals surface area (Å²) in [5.41, 5.74) is 0.0456. The zero-order valence-corrected chi connectivity index (χ0v) is 13.0. The minimum atomic E-state index is -0.281. The van der Waals surface area contributed by atoms with Gasteiger partial charge in [-0.25, -0.2) is 5.10 Å². The van der Waals surface area contributed by atoms with Crippen molar-refractivity contribution in [1.29, 1.82) is 0 Å². The van der Waals surface area contributed by atoms with E-state index in [1.165, 1.54) is 50.9 Å². The number of likely N-dealkylation sites (tertiary alicyclic amines) is 2. The molecule has 0 unspecified atom stereocenters.